The molecule has 0 aliphatic carbocycles. The lowest BCUT2D eigenvalue weighted by Crippen LogP contribution is -2.29. The maximum atomic E-state index is 12.2. The summed E-state index contributed by atoms with van der Waals surface area (Å²) in [4.78, 5) is 21.8. The molecule has 158 valence electrons. The number of carbonyl (C=O) groups is 1. The van der Waals surface area contributed by atoms with Crippen LogP contribution in [0.15, 0.2) is 66.9 Å². The Kier molecular flexibility index (Phi) is 6.21. The topological polar surface area (TPSA) is 84.7 Å². The van der Waals surface area contributed by atoms with E-state index >= 15 is 0 Å². The highest BCUT2D eigenvalue weighted by atomic mass is 16.1. The summed E-state index contributed by atoms with van der Waals surface area (Å²) in [5.74, 6) is 1.65. The number of hydrogen-bond donors (Lipinski definition) is 2. The molecule has 2 aromatic heterocycles. The van der Waals surface area contributed by atoms with Crippen molar-refractivity contribution in [3.05, 3.63) is 78.2 Å². The smallest absolute Gasteiger partial charge is 0.251 e. The Labute approximate surface area is 181 Å². The quantitative estimate of drug-likeness (QED) is 0.423. The van der Waals surface area contributed by atoms with E-state index in [-0.39, 0.29) is 11.8 Å². The van der Waals surface area contributed by atoms with Crippen LogP contribution in [-0.2, 0) is 0 Å². The third-order valence-corrected chi connectivity index (χ3v) is 5.24. The second-order valence-electron chi connectivity index (χ2n) is 7.42. The number of nitrogens with one attached hydrogen (secondary N) is 2. The van der Waals surface area contributed by atoms with Crippen LogP contribution in [0.1, 0.15) is 42.4 Å². The van der Waals surface area contributed by atoms with Crippen molar-refractivity contribution < 1.29 is 4.79 Å². The number of para-hydroxylation sites is 1. The molecule has 4 rings (SSSR count). The van der Waals surface area contributed by atoms with Crippen LogP contribution >= 0.6 is 0 Å². The highest BCUT2D eigenvalue weighted by molar-refractivity contribution is 5.94. The Balaban J connectivity index is 1.55. The normalized spacial score (nSPS) is 11.9. The van der Waals surface area contributed by atoms with E-state index in [0.29, 0.717) is 18.7 Å². The summed E-state index contributed by atoms with van der Waals surface area (Å²) in [5, 5.41) is 11.7. The van der Waals surface area contributed by atoms with E-state index in [2.05, 4.69) is 29.6 Å². The van der Waals surface area contributed by atoms with Gasteiger partial charge in [-0.15, -0.1) is 0 Å². The van der Waals surface area contributed by atoms with E-state index in [1.165, 1.54) is 0 Å². The van der Waals surface area contributed by atoms with Gasteiger partial charge in [0.05, 0.1) is 17.3 Å². The zero-order chi connectivity index (χ0) is 21.6. The number of benzene rings is 2. The molecule has 2 N–H and O–H groups in total. The molecule has 1 atom stereocenters. The monoisotopic (exact) mass is 414 g/mol. The molecule has 0 bridgehead atoms. The maximum absolute atomic E-state index is 12.2. The van der Waals surface area contributed by atoms with Gasteiger partial charge in [-0.25, -0.2) is 14.6 Å². The fourth-order valence-electron chi connectivity index (χ4n) is 3.27. The molecule has 0 fully saturated rings. The van der Waals surface area contributed by atoms with Gasteiger partial charge >= 0.3 is 0 Å². The van der Waals surface area contributed by atoms with Gasteiger partial charge in [-0.05, 0) is 30.7 Å². The van der Waals surface area contributed by atoms with Crippen molar-refractivity contribution in [3.63, 3.8) is 0 Å². The van der Waals surface area contributed by atoms with Gasteiger partial charge < -0.3 is 10.6 Å². The van der Waals surface area contributed by atoms with Crippen molar-refractivity contribution in [2.45, 2.75) is 26.2 Å². The van der Waals surface area contributed by atoms with Crippen molar-refractivity contribution in [1.29, 1.82) is 0 Å². The highest BCUT2D eigenvalue weighted by Gasteiger charge is 2.16. The van der Waals surface area contributed by atoms with Gasteiger partial charge in [-0.3, -0.25) is 4.79 Å². The first kappa shape index (κ1) is 20.5. The van der Waals surface area contributed by atoms with E-state index in [1.807, 2.05) is 53.2 Å². The van der Waals surface area contributed by atoms with Gasteiger partial charge in [0.15, 0.2) is 5.65 Å². The average Bonchev–Trinajstić information content (AvgIpc) is 3.26. The summed E-state index contributed by atoms with van der Waals surface area (Å²) in [6.45, 7) is 5.26. The van der Waals surface area contributed by atoms with Crippen LogP contribution in [0.4, 0.5) is 5.82 Å². The summed E-state index contributed by atoms with van der Waals surface area (Å²) in [6.07, 6.45) is 2.73. The Hall–Kier alpha value is -3.74. The number of nitrogens with zero attached hydrogens (tertiary/aromatic N) is 4. The molecule has 31 heavy (non-hydrogen) atoms. The van der Waals surface area contributed by atoms with Gasteiger partial charge in [0.2, 0.25) is 0 Å². The number of carbonyl (C=O) groups excluding carboxylic acids is 1. The molecule has 7 nitrogen and oxygen atoms in total. The second-order valence-corrected chi connectivity index (χ2v) is 7.42. The molecular formula is C24H26N6O. The Morgan fingerprint density at radius 3 is 2.42 bits per heavy atom. The number of aromatic nitrogens is 4. The molecule has 0 saturated heterocycles. The van der Waals surface area contributed by atoms with Crippen LogP contribution < -0.4 is 10.6 Å². The van der Waals surface area contributed by atoms with Crippen molar-refractivity contribution in [1.82, 2.24) is 25.1 Å². The third kappa shape index (κ3) is 4.55. The lowest BCUT2D eigenvalue weighted by molar-refractivity contribution is 0.0955. The molecule has 0 radical (unpaired) electrons. The predicted octanol–water partition coefficient (Wildman–Crippen LogP) is 4.17. The number of hydrogen-bond acceptors (Lipinski definition) is 5. The fraction of sp³-hybridized carbons (Fsp3) is 0.250. The highest BCUT2D eigenvalue weighted by Crippen LogP contribution is 2.26. The summed E-state index contributed by atoms with van der Waals surface area (Å²) in [7, 11) is 0. The van der Waals surface area contributed by atoms with E-state index in [1.54, 1.807) is 18.3 Å². The fourth-order valence-corrected chi connectivity index (χ4v) is 3.27. The molecule has 0 saturated carbocycles. The molecule has 7 heteroatoms. The second kappa shape index (κ2) is 9.38. The van der Waals surface area contributed by atoms with Gasteiger partial charge in [0.25, 0.3) is 5.91 Å². The average molecular weight is 415 g/mol. The largest absolute Gasteiger partial charge is 0.368 e. The van der Waals surface area contributed by atoms with Crippen LogP contribution in [-0.4, -0.2) is 38.7 Å². The molecule has 0 aliphatic heterocycles. The number of rotatable bonds is 8. The van der Waals surface area contributed by atoms with Crippen molar-refractivity contribution in [2.24, 2.45) is 0 Å². The molecule has 2 heterocycles. The van der Waals surface area contributed by atoms with Crippen LogP contribution in [0.5, 0.6) is 0 Å². The van der Waals surface area contributed by atoms with Gasteiger partial charge in [0.1, 0.15) is 11.6 Å². The number of amides is 1. The summed E-state index contributed by atoms with van der Waals surface area (Å²) in [6, 6.07) is 19.1. The van der Waals surface area contributed by atoms with Gasteiger partial charge in [0, 0.05) is 24.6 Å². The van der Waals surface area contributed by atoms with Gasteiger partial charge in [-0.2, -0.15) is 5.10 Å². The van der Waals surface area contributed by atoms with Gasteiger partial charge in [-0.1, -0.05) is 50.2 Å². The third-order valence-electron chi connectivity index (χ3n) is 5.24. The minimum atomic E-state index is -0.0903. The zero-order valence-electron chi connectivity index (χ0n) is 17.7. The minimum Gasteiger partial charge on any atom is -0.368 e. The van der Waals surface area contributed by atoms with E-state index in [9.17, 15) is 4.79 Å². The lowest BCUT2D eigenvalue weighted by Gasteiger charge is -2.13. The van der Waals surface area contributed by atoms with E-state index in [0.717, 1.165) is 34.8 Å². The molecule has 1 amide bonds. The van der Waals surface area contributed by atoms with Crippen LogP contribution in [0.25, 0.3) is 16.7 Å². The first-order valence-electron chi connectivity index (χ1n) is 10.6. The first-order valence-corrected chi connectivity index (χ1v) is 10.6. The lowest BCUT2D eigenvalue weighted by atomic mass is 10.1. The molecule has 0 unspecified atom stereocenters. The van der Waals surface area contributed by atoms with Crippen molar-refractivity contribution in [2.75, 3.05) is 18.4 Å². The molecule has 0 spiro atoms. The Morgan fingerprint density at radius 1 is 1.00 bits per heavy atom. The van der Waals surface area contributed by atoms with Crippen LogP contribution in [0.3, 0.4) is 0 Å². The Morgan fingerprint density at radius 2 is 1.71 bits per heavy atom. The van der Waals surface area contributed by atoms with Crippen LogP contribution in [0, 0.1) is 0 Å². The molecule has 2 aromatic carbocycles. The summed E-state index contributed by atoms with van der Waals surface area (Å²) < 4.78 is 1.84. The standard InChI is InChI=1S/C24H26N6O/c1-3-17(2)21-28-22(25-14-15-26-24(31)18-10-6-4-7-11-18)20-16-27-30(23(20)29-21)19-12-8-5-9-13-19/h4-13,16-17H,3,14-15H2,1-2H3,(H,26,31)(H,25,28,29)/t17-/m0/s1. The predicted molar refractivity (Wildman–Crippen MR) is 123 cm³/mol. The number of fused-ring (bicyclic) bond motifs is 1. The van der Waals surface area contributed by atoms with Crippen LogP contribution in [0.2, 0.25) is 0 Å². The first-order chi connectivity index (χ1) is 15.2. The molecule has 0 aliphatic rings. The van der Waals surface area contributed by atoms with E-state index in [4.69, 9.17) is 9.97 Å². The van der Waals surface area contributed by atoms with E-state index < -0.39 is 0 Å². The maximum Gasteiger partial charge on any atom is 0.251 e. The van der Waals surface area contributed by atoms with Crippen molar-refractivity contribution >= 4 is 22.8 Å². The number of anilines is 1. The summed E-state index contributed by atoms with van der Waals surface area (Å²) >= 11 is 0. The summed E-state index contributed by atoms with van der Waals surface area (Å²) in [5.41, 5.74) is 2.37. The zero-order valence-corrected chi connectivity index (χ0v) is 17.7. The minimum absolute atomic E-state index is 0.0903. The molecule has 4 aromatic rings. The Bertz CT molecular complexity index is 1160. The SMILES string of the molecule is CC[C@H](C)c1nc(NCCNC(=O)c2ccccc2)c2cnn(-c3ccccc3)c2n1. The van der Waals surface area contributed by atoms with Crippen molar-refractivity contribution in [3.8, 4) is 5.69 Å². The molecular weight excluding hydrogens is 388 g/mol.